The molecule has 0 aliphatic carbocycles. The number of nitrogens with one attached hydrogen (secondary N) is 1. The van der Waals surface area contributed by atoms with Gasteiger partial charge in [0.2, 0.25) is 0 Å². The minimum atomic E-state index is 1.14. The number of hydrogen-bond acceptors (Lipinski definition) is 2. The van der Waals surface area contributed by atoms with Crippen molar-refractivity contribution >= 4 is 11.9 Å². The molecule has 0 spiro atoms. The predicted octanol–water partition coefficient (Wildman–Crippen LogP) is 2.62. The van der Waals surface area contributed by atoms with Gasteiger partial charge in [-0.15, -0.1) is 0 Å². The molecule has 1 aromatic carbocycles. The lowest BCUT2D eigenvalue weighted by Gasteiger charge is -2.12. The van der Waals surface area contributed by atoms with Crippen LogP contribution in [0.15, 0.2) is 29.2 Å². The average molecular weight is 179 g/mol. The van der Waals surface area contributed by atoms with E-state index in [-0.39, 0.29) is 0 Å². The van der Waals surface area contributed by atoms with Gasteiger partial charge in [-0.25, -0.2) is 0 Å². The second kappa shape index (κ2) is 3.97. The van der Waals surface area contributed by atoms with E-state index >= 15 is 0 Å². The van der Waals surface area contributed by atoms with Crippen LogP contribution in [0.4, 0.5) is 0 Å². The Bertz CT molecular complexity index is 233. The van der Waals surface area contributed by atoms with Gasteiger partial charge in [0.05, 0.1) is 0 Å². The monoisotopic (exact) mass is 179 g/mol. The number of benzene rings is 1. The maximum Gasteiger partial charge on any atom is 0.0260 e. The molecule has 0 saturated carbocycles. The molecule has 0 bridgehead atoms. The SMILES string of the molecule is c1ccc2c(c1)CCCCNS2. The van der Waals surface area contributed by atoms with Gasteiger partial charge in [-0.05, 0) is 42.8 Å². The van der Waals surface area contributed by atoms with Crippen LogP contribution < -0.4 is 4.72 Å². The maximum absolute atomic E-state index is 3.36. The highest BCUT2D eigenvalue weighted by molar-refractivity contribution is 7.97. The lowest BCUT2D eigenvalue weighted by Crippen LogP contribution is -2.09. The highest BCUT2D eigenvalue weighted by Gasteiger charge is 2.04. The summed E-state index contributed by atoms with van der Waals surface area (Å²) in [5.41, 5.74) is 1.50. The molecule has 0 unspecified atom stereocenters. The molecule has 1 N–H and O–H groups in total. The van der Waals surface area contributed by atoms with Crippen molar-refractivity contribution in [1.29, 1.82) is 0 Å². The number of fused-ring (bicyclic) bond motifs is 1. The molecular weight excluding hydrogens is 166 g/mol. The zero-order chi connectivity index (χ0) is 8.23. The van der Waals surface area contributed by atoms with Gasteiger partial charge >= 0.3 is 0 Å². The Morgan fingerprint density at radius 2 is 2.08 bits per heavy atom. The molecule has 0 radical (unpaired) electrons. The average Bonchev–Trinajstić information content (AvgIpc) is 2.06. The van der Waals surface area contributed by atoms with Crippen molar-refractivity contribution in [3.05, 3.63) is 29.8 Å². The maximum atomic E-state index is 3.36. The first-order valence-electron chi connectivity index (χ1n) is 4.44. The molecule has 1 aromatic rings. The van der Waals surface area contributed by atoms with E-state index in [1.54, 1.807) is 11.9 Å². The molecule has 0 saturated heterocycles. The van der Waals surface area contributed by atoms with Crippen molar-refractivity contribution in [2.24, 2.45) is 0 Å². The summed E-state index contributed by atoms with van der Waals surface area (Å²) in [7, 11) is 0. The Balaban J connectivity index is 2.24. The van der Waals surface area contributed by atoms with E-state index in [4.69, 9.17) is 0 Å². The molecule has 2 heteroatoms. The first-order chi connectivity index (χ1) is 5.97. The zero-order valence-electron chi connectivity index (χ0n) is 7.05. The summed E-state index contributed by atoms with van der Waals surface area (Å²) in [4.78, 5) is 1.40. The van der Waals surface area contributed by atoms with Crippen LogP contribution in [0.2, 0.25) is 0 Å². The third-order valence-corrected chi connectivity index (χ3v) is 3.10. The van der Waals surface area contributed by atoms with E-state index < -0.39 is 0 Å². The predicted molar refractivity (Wildman–Crippen MR) is 53.2 cm³/mol. The number of aryl methyl sites for hydroxylation is 1. The molecule has 1 aliphatic rings. The lowest BCUT2D eigenvalue weighted by atomic mass is 10.1. The minimum absolute atomic E-state index is 1.14. The second-order valence-corrected chi connectivity index (χ2v) is 3.99. The molecule has 0 amide bonds. The number of hydrogen-bond donors (Lipinski definition) is 1. The largest absolute Gasteiger partial charge is 0.260 e. The molecule has 2 rings (SSSR count). The highest BCUT2D eigenvalue weighted by Crippen LogP contribution is 2.23. The Morgan fingerprint density at radius 1 is 1.17 bits per heavy atom. The summed E-state index contributed by atoms with van der Waals surface area (Å²) in [5, 5.41) is 0. The van der Waals surface area contributed by atoms with E-state index in [0.717, 1.165) is 6.54 Å². The Labute approximate surface area is 77.7 Å². The summed E-state index contributed by atoms with van der Waals surface area (Å²) in [6.45, 7) is 1.14. The molecule has 1 aliphatic heterocycles. The van der Waals surface area contributed by atoms with Crippen molar-refractivity contribution in [2.45, 2.75) is 24.2 Å². The van der Waals surface area contributed by atoms with E-state index in [0.29, 0.717) is 0 Å². The van der Waals surface area contributed by atoms with Crippen LogP contribution in [-0.2, 0) is 6.42 Å². The van der Waals surface area contributed by atoms with Gasteiger partial charge in [0, 0.05) is 11.4 Å². The highest BCUT2D eigenvalue weighted by atomic mass is 32.2. The third kappa shape index (κ3) is 1.82. The van der Waals surface area contributed by atoms with E-state index in [1.807, 2.05) is 0 Å². The van der Waals surface area contributed by atoms with Gasteiger partial charge in [-0.2, -0.15) is 0 Å². The van der Waals surface area contributed by atoms with Gasteiger partial charge in [0.1, 0.15) is 0 Å². The molecule has 12 heavy (non-hydrogen) atoms. The third-order valence-electron chi connectivity index (χ3n) is 2.13. The quantitative estimate of drug-likeness (QED) is 0.614. The summed E-state index contributed by atoms with van der Waals surface area (Å²) in [6.07, 6.45) is 3.84. The van der Waals surface area contributed by atoms with E-state index in [9.17, 15) is 0 Å². The van der Waals surface area contributed by atoms with E-state index in [2.05, 4.69) is 29.0 Å². The molecule has 0 aromatic heterocycles. The second-order valence-electron chi connectivity index (χ2n) is 3.06. The normalized spacial score (nSPS) is 17.7. The van der Waals surface area contributed by atoms with Crippen molar-refractivity contribution < 1.29 is 0 Å². The smallest absolute Gasteiger partial charge is 0.0260 e. The van der Waals surface area contributed by atoms with Crippen LogP contribution in [0.5, 0.6) is 0 Å². The van der Waals surface area contributed by atoms with Crippen molar-refractivity contribution in [3.8, 4) is 0 Å². The van der Waals surface area contributed by atoms with Crippen molar-refractivity contribution in [1.82, 2.24) is 4.72 Å². The van der Waals surface area contributed by atoms with Crippen molar-refractivity contribution in [2.75, 3.05) is 6.54 Å². The summed E-state index contributed by atoms with van der Waals surface area (Å²) >= 11 is 1.77. The standard InChI is InChI=1S/C10H13NS/c1-2-7-10-9(5-1)6-3-4-8-11-12-10/h1-2,5,7,11H,3-4,6,8H2. The van der Waals surface area contributed by atoms with Crippen LogP contribution in [0.1, 0.15) is 18.4 Å². The summed E-state index contributed by atoms with van der Waals surface area (Å²) in [5.74, 6) is 0. The minimum Gasteiger partial charge on any atom is -0.260 e. The van der Waals surface area contributed by atoms with Gasteiger partial charge in [-0.1, -0.05) is 18.2 Å². The van der Waals surface area contributed by atoms with Gasteiger partial charge in [0.25, 0.3) is 0 Å². The van der Waals surface area contributed by atoms with Crippen LogP contribution in [-0.4, -0.2) is 6.54 Å². The fourth-order valence-electron chi connectivity index (χ4n) is 1.45. The Hall–Kier alpha value is -0.470. The Morgan fingerprint density at radius 3 is 3.08 bits per heavy atom. The fraction of sp³-hybridized carbons (Fsp3) is 0.400. The molecule has 1 nitrogen and oxygen atoms in total. The summed E-state index contributed by atoms with van der Waals surface area (Å²) < 4.78 is 3.36. The first kappa shape index (κ1) is 8.14. The van der Waals surface area contributed by atoms with Gasteiger partial charge in [-0.3, -0.25) is 4.72 Å². The molecule has 1 heterocycles. The Kier molecular flexibility index (Phi) is 2.69. The van der Waals surface area contributed by atoms with Crippen LogP contribution in [0, 0.1) is 0 Å². The van der Waals surface area contributed by atoms with Gasteiger partial charge in [0.15, 0.2) is 0 Å². The topological polar surface area (TPSA) is 12.0 Å². The fourth-order valence-corrected chi connectivity index (χ4v) is 2.30. The van der Waals surface area contributed by atoms with Crippen LogP contribution in [0.3, 0.4) is 0 Å². The molecular formula is C10H13NS. The van der Waals surface area contributed by atoms with Crippen LogP contribution >= 0.6 is 11.9 Å². The molecule has 0 atom stereocenters. The number of rotatable bonds is 0. The van der Waals surface area contributed by atoms with Crippen LogP contribution in [0.25, 0.3) is 0 Å². The van der Waals surface area contributed by atoms with Crippen molar-refractivity contribution in [3.63, 3.8) is 0 Å². The summed E-state index contributed by atoms with van der Waals surface area (Å²) in [6, 6.07) is 8.66. The first-order valence-corrected chi connectivity index (χ1v) is 5.26. The van der Waals surface area contributed by atoms with E-state index in [1.165, 1.54) is 29.7 Å². The zero-order valence-corrected chi connectivity index (χ0v) is 7.86. The molecule has 64 valence electrons. The lowest BCUT2D eigenvalue weighted by molar-refractivity contribution is 0.709. The van der Waals surface area contributed by atoms with Gasteiger partial charge < -0.3 is 0 Å². The molecule has 0 fully saturated rings.